The number of hydrogen-bond donors (Lipinski definition) is 1. The number of halogens is 3. The van der Waals surface area contributed by atoms with Gasteiger partial charge in [0.15, 0.2) is 0 Å². The molecule has 3 aromatic rings. The van der Waals surface area contributed by atoms with Gasteiger partial charge in [0.1, 0.15) is 11.6 Å². The fourth-order valence-corrected chi connectivity index (χ4v) is 4.70. The molecule has 0 radical (unpaired) electrons. The van der Waals surface area contributed by atoms with Gasteiger partial charge in [-0.3, -0.25) is 4.79 Å². The van der Waals surface area contributed by atoms with Gasteiger partial charge in [-0.1, -0.05) is 0 Å². The highest BCUT2D eigenvalue weighted by Crippen LogP contribution is 2.41. The number of sulfonamides is 1. The third-order valence-corrected chi connectivity index (χ3v) is 7.98. The van der Waals surface area contributed by atoms with Crippen LogP contribution in [0.25, 0.3) is 5.52 Å². The molecule has 3 heterocycles. The fourth-order valence-electron chi connectivity index (χ4n) is 4.04. The van der Waals surface area contributed by atoms with Crippen LogP contribution < -0.4 is 14.4 Å². The van der Waals surface area contributed by atoms with E-state index >= 15 is 0 Å². The van der Waals surface area contributed by atoms with E-state index in [9.17, 15) is 26.4 Å². The molecule has 35 heavy (non-hydrogen) atoms. The predicted octanol–water partition coefficient (Wildman–Crippen LogP) is 4.27. The second-order valence-electron chi connectivity index (χ2n) is 9.23. The van der Waals surface area contributed by atoms with Gasteiger partial charge in [-0.15, -0.1) is 0 Å². The van der Waals surface area contributed by atoms with Crippen LogP contribution in [0.15, 0.2) is 42.7 Å². The van der Waals surface area contributed by atoms with Crippen molar-refractivity contribution in [1.29, 1.82) is 0 Å². The lowest BCUT2D eigenvalue weighted by Crippen LogP contribution is -2.42. The molecular formula is C23H25F3N4O4S. The Morgan fingerprint density at radius 2 is 1.97 bits per heavy atom. The number of benzene rings is 1. The smallest absolute Gasteiger partial charge is 0.387 e. The van der Waals surface area contributed by atoms with E-state index < -0.39 is 39.1 Å². The number of rotatable bonds is 6. The van der Waals surface area contributed by atoms with E-state index in [1.165, 1.54) is 43.6 Å². The van der Waals surface area contributed by atoms with Crippen molar-refractivity contribution in [2.45, 2.75) is 51.0 Å². The van der Waals surface area contributed by atoms with E-state index in [0.717, 1.165) is 12.5 Å². The number of alkyl halides is 2. The summed E-state index contributed by atoms with van der Waals surface area (Å²) in [7, 11) is -3.94. The fraction of sp³-hybridized carbons (Fsp3) is 0.391. The van der Waals surface area contributed by atoms with Gasteiger partial charge in [0.25, 0.3) is 5.91 Å². The van der Waals surface area contributed by atoms with E-state index in [0.29, 0.717) is 29.7 Å². The maximum absolute atomic E-state index is 14.0. The third kappa shape index (κ3) is 4.93. The van der Waals surface area contributed by atoms with Gasteiger partial charge in [-0.25, -0.2) is 22.0 Å². The molecular weight excluding hydrogens is 485 g/mol. The molecule has 1 unspecified atom stereocenters. The molecule has 2 aromatic heterocycles. The molecule has 12 heteroatoms. The monoisotopic (exact) mass is 510 g/mol. The summed E-state index contributed by atoms with van der Waals surface area (Å²) in [4.78, 5) is 14.7. The van der Waals surface area contributed by atoms with E-state index in [2.05, 4.69) is 14.6 Å². The van der Waals surface area contributed by atoms with Gasteiger partial charge in [0.2, 0.25) is 10.0 Å². The minimum absolute atomic E-state index is 0.0582. The molecule has 1 aliphatic rings. The summed E-state index contributed by atoms with van der Waals surface area (Å²) in [6.07, 6.45) is 4.17. The van der Waals surface area contributed by atoms with Crippen LogP contribution in [-0.4, -0.2) is 41.8 Å². The summed E-state index contributed by atoms with van der Waals surface area (Å²) in [5.41, 5.74) is 1.35. The van der Waals surface area contributed by atoms with Gasteiger partial charge < -0.3 is 9.64 Å². The minimum atomic E-state index is -3.94. The summed E-state index contributed by atoms with van der Waals surface area (Å²) < 4.78 is 71.7. The number of fused-ring (bicyclic) bond motifs is 1. The first-order valence-electron chi connectivity index (χ1n) is 10.9. The van der Waals surface area contributed by atoms with Crippen LogP contribution in [-0.2, 0) is 10.0 Å². The third-order valence-electron chi connectivity index (χ3n) is 5.91. The van der Waals surface area contributed by atoms with E-state index in [1.807, 2.05) is 4.90 Å². The van der Waals surface area contributed by atoms with Gasteiger partial charge in [0.05, 0.1) is 28.1 Å². The minimum Gasteiger partial charge on any atom is -0.434 e. The summed E-state index contributed by atoms with van der Waals surface area (Å²) in [6, 6.07) is 6.40. The van der Waals surface area contributed by atoms with E-state index in [4.69, 9.17) is 0 Å². The molecule has 1 N–H and O–H groups in total. The summed E-state index contributed by atoms with van der Waals surface area (Å²) in [5.74, 6) is -1.49. The molecule has 1 atom stereocenters. The molecule has 1 aromatic carbocycles. The van der Waals surface area contributed by atoms with Crippen molar-refractivity contribution in [1.82, 2.24) is 14.3 Å². The maximum Gasteiger partial charge on any atom is 0.387 e. The van der Waals surface area contributed by atoms with Gasteiger partial charge in [-0.2, -0.15) is 13.9 Å². The number of aromatic nitrogens is 2. The highest BCUT2D eigenvalue weighted by Gasteiger charge is 2.33. The second-order valence-corrected chi connectivity index (χ2v) is 11.7. The zero-order valence-corrected chi connectivity index (χ0v) is 20.2. The number of pyridine rings is 1. The van der Waals surface area contributed by atoms with E-state index in [1.54, 1.807) is 18.3 Å². The summed E-state index contributed by atoms with van der Waals surface area (Å²) >= 11 is 0. The van der Waals surface area contributed by atoms with Crippen molar-refractivity contribution in [2.24, 2.45) is 0 Å². The number of nitrogens with zero attached hydrogens (tertiary/aromatic N) is 3. The molecule has 8 nitrogen and oxygen atoms in total. The highest BCUT2D eigenvalue weighted by molar-refractivity contribution is 7.91. The Bertz CT molecular complexity index is 1370. The normalized spacial score (nSPS) is 16.8. The number of hydrogen-bond acceptors (Lipinski definition) is 6. The van der Waals surface area contributed by atoms with E-state index in [-0.39, 0.29) is 11.3 Å². The second kappa shape index (κ2) is 9.06. The number of amides is 1. The summed E-state index contributed by atoms with van der Waals surface area (Å²) in [5, 5.41) is 4.12. The first-order valence-corrected chi connectivity index (χ1v) is 12.4. The quantitative estimate of drug-likeness (QED) is 0.532. The first-order chi connectivity index (χ1) is 16.4. The van der Waals surface area contributed by atoms with Crippen molar-refractivity contribution < 1.29 is 31.1 Å². The largest absolute Gasteiger partial charge is 0.434 e. The zero-order valence-electron chi connectivity index (χ0n) is 19.3. The van der Waals surface area contributed by atoms with Crippen LogP contribution in [0.3, 0.4) is 0 Å². The van der Waals surface area contributed by atoms with Crippen molar-refractivity contribution >= 4 is 27.1 Å². The molecule has 188 valence electrons. The number of carbonyl (C=O) groups excluding carboxylic acids is 1. The number of carbonyl (C=O) groups is 1. The molecule has 4 rings (SSSR count). The van der Waals surface area contributed by atoms with Crippen LogP contribution >= 0.6 is 0 Å². The van der Waals surface area contributed by atoms with Crippen molar-refractivity contribution in [3.05, 3.63) is 59.7 Å². The molecule has 0 saturated carbocycles. The van der Waals surface area contributed by atoms with Gasteiger partial charge in [-0.05, 0) is 63.9 Å². The van der Waals surface area contributed by atoms with Crippen LogP contribution in [0.1, 0.15) is 55.6 Å². The van der Waals surface area contributed by atoms with Crippen LogP contribution in [0.4, 0.5) is 18.9 Å². The average Bonchev–Trinajstić information content (AvgIpc) is 3.40. The highest BCUT2D eigenvalue weighted by atomic mass is 32.2. The number of anilines is 1. The van der Waals surface area contributed by atoms with Crippen molar-refractivity contribution in [3.8, 4) is 5.75 Å². The van der Waals surface area contributed by atoms with Crippen molar-refractivity contribution in [3.63, 3.8) is 0 Å². The molecule has 1 saturated heterocycles. The molecule has 0 spiro atoms. The van der Waals surface area contributed by atoms with Crippen LogP contribution in [0.2, 0.25) is 0 Å². The lowest BCUT2D eigenvalue weighted by Gasteiger charge is -2.28. The topological polar surface area (TPSA) is 93.0 Å². The molecule has 0 aliphatic carbocycles. The Hall–Kier alpha value is -3.28. The summed E-state index contributed by atoms with van der Waals surface area (Å²) in [6.45, 7) is 1.93. The van der Waals surface area contributed by atoms with Crippen molar-refractivity contribution in [2.75, 3.05) is 11.4 Å². The Morgan fingerprint density at radius 3 is 2.66 bits per heavy atom. The lowest BCUT2D eigenvalue weighted by molar-refractivity contribution is -0.0506. The van der Waals surface area contributed by atoms with Gasteiger partial charge in [0, 0.05) is 24.0 Å². The molecule has 1 aliphatic heterocycles. The first kappa shape index (κ1) is 24.8. The molecule has 0 bridgehead atoms. The predicted molar refractivity (Wildman–Crippen MR) is 124 cm³/mol. The lowest BCUT2D eigenvalue weighted by atomic mass is 10.0. The standard InChI is InChI=1S/C23H25F3N4O4S/c1-23(2,3)35(32,33)28-21(31)17-13-27-30-10-8-15(12-19(17)30)29-9-4-5-18(29)16-11-14(24)6-7-20(16)34-22(25)26/h6-8,10-13,18,22H,4-5,9H2,1-3H3,(H,28,31). The Kier molecular flexibility index (Phi) is 6.43. The number of nitrogens with one attached hydrogen (secondary N) is 1. The zero-order chi connectivity index (χ0) is 25.5. The van der Waals surface area contributed by atoms with Crippen LogP contribution in [0.5, 0.6) is 5.75 Å². The molecule has 1 amide bonds. The maximum atomic E-state index is 14.0. The van der Waals surface area contributed by atoms with Crippen LogP contribution in [0, 0.1) is 5.82 Å². The average molecular weight is 511 g/mol. The SMILES string of the molecule is CC(C)(C)S(=O)(=O)NC(=O)c1cnn2ccc(N3CCCC3c3cc(F)ccc3OC(F)F)cc12. The molecule has 1 fully saturated rings. The Balaban J connectivity index is 1.70. The Labute approximate surface area is 200 Å². The Morgan fingerprint density at radius 1 is 1.23 bits per heavy atom. The number of ether oxygens (including phenoxy) is 1. The van der Waals surface area contributed by atoms with Gasteiger partial charge >= 0.3 is 6.61 Å².